The first-order valence-corrected chi connectivity index (χ1v) is 5.67. The van der Waals surface area contributed by atoms with Crippen molar-refractivity contribution in [1.29, 1.82) is 10.5 Å². The van der Waals surface area contributed by atoms with Gasteiger partial charge in [-0.1, -0.05) is 40.5 Å². The van der Waals surface area contributed by atoms with E-state index in [2.05, 4.69) is 12.1 Å². The average Bonchev–Trinajstić information content (AvgIpc) is 2.34. The molecule has 2 atom stereocenters. The van der Waals surface area contributed by atoms with Gasteiger partial charge in [-0.2, -0.15) is 10.5 Å². The summed E-state index contributed by atoms with van der Waals surface area (Å²) in [4.78, 5) is 0. The zero-order chi connectivity index (χ0) is 11.4. The Morgan fingerprint density at radius 1 is 0.786 bits per heavy atom. The molecule has 1 aliphatic rings. The number of rotatable bonds is 0. The van der Waals surface area contributed by atoms with E-state index >= 15 is 0 Å². The van der Waals surface area contributed by atoms with Crippen LogP contribution in [0, 0.1) is 34.5 Å². The van der Waals surface area contributed by atoms with Crippen LogP contribution >= 0.6 is 0 Å². The molecule has 1 rings (SSSR count). The SMILES string of the molecule is CC.CC.N#CC1CCCC[C@@H]1C#N. The minimum Gasteiger partial charge on any atom is -0.198 e. The Bertz CT molecular complexity index is 163. The van der Waals surface area contributed by atoms with E-state index in [9.17, 15) is 0 Å². The molecule has 1 aliphatic carbocycles. The lowest BCUT2D eigenvalue weighted by atomic mass is 9.81. The first-order chi connectivity index (χ1) is 6.88. The number of hydrogen-bond donors (Lipinski definition) is 0. The molecule has 80 valence electrons. The minimum atomic E-state index is 0.0127. The summed E-state index contributed by atoms with van der Waals surface area (Å²) in [6.45, 7) is 8.00. The molecule has 0 radical (unpaired) electrons. The van der Waals surface area contributed by atoms with Gasteiger partial charge in [0.15, 0.2) is 0 Å². The fraction of sp³-hybridized carbons (Fsp3) is 0.833. The summed E-state index contributed by atoms with van der Waals surface area (Å²) in [6.07, 6.45) is 4.09. The quantitative estimate of drug-likeness (QED) is 0.587. The Morgan fingerprint density at radius 3 is 1.29 bits per heavy atom. The van der Waals surface area contributed by atoms with Crippen molar-refractivity contribution >= 4 is 0 Å². The van der Waals surface area contributed by atoms with Gasteiger partial charge in [-0.15, -0.1) is 0 Å². The van der Waals surface area contributed by atoms with E-state index in [0.29, 0.717) is 0 Å². The first-order valence-electron chi connectivity index (χ1n) is 5.67. The van der Waals surface area contributed by atoms with Crippen molar-refractivity contribution in [2.24, 2.45) is 11.8 Å². The van der Waals surface area contributed by atoms with Gasteiger partial charge in [0.1, 0.15) is 0 Å². The normalized spacial score (nSPS) is 23.9. The molecule has 1 saturated carbocycles. The van der Waals surface area contributed by atoms with E-state index in [-0.39, 0.29) is 11.8 Å². The van der Waals surface area contributed by atoms with Gasteiger partial charge in [0, 0.05) is 0 Å². The Kier molecular flexibility index (Phi) is 13.2. The second kappa shape index (κ2) is 12.0. The third kappa shape index (κ3) is 5.60. The Morgan fingerprint density at radius 2 is 1.07 bits per heavy atom. The zero-order valence-electron chi connectivity index (χ0n) is 9.88. The van der Waals surface area contributed by atoms with Gasteiger partial charge >= 0.3 is 0 Å². The molecule has 1 unspecified atom stereocenters. The lowest BCUT2D eigenvalue weighted by Crippen LogP contribution is -2.15. The van der Waals surface area contributed by atoms with Gasteiger partial charge in [0.2, 0.25) is 0 Å². The van der Waals surface area contributed by atoms with Gasteiger partial charge in [0.25, 0.3) is 0 Å². The van der Waals surface area contributed by atoms with Crippen molar-refractivity contribution < 1.29 is 0 Å². The standard InChI is InChI=1S/C8H10N2.2C2H6/c9-5-7-3-1-2-4-8(7)6-10;2*1-2/h7-8H,1-4H2;2*1-2H3/t7-,8?;;/m1../s1. The zero-order valence-corrected chi connectivity index (χ0v) is 9.88. The van der Waals surface area contributed by atoms with Gasteiger partial charge in [0.05, 0.1) is 24.0 Å². The third-order valence-electron chi connectivity index (χ3n) is 2.10. The van der Waals surface area contributed by atoms with Gasteiger partial charge in [-0.3, -0.25) is 0 Å². The molecule has 14 heavy (non-hydrogen) atoms. The molecule has 0 aromatic rings. The van der Waals surface area contributed by atoms with Crippen LogP contribution in [0.1, 0.15) is 53.4 Å². The Balaban J connectivity index is 0. The molecule has 0 saturated heterocycles. The molecule has 0 spiro atoms. The third-order valence-corrected chi connectivity index (χ3v) is 2.10. The van der Waals surface area contributed by atoms with Crippen molar-refractivity contribution in [1.82, 2.24) is 0 Å². The largest absolute Gasteiger partial charge is 0.198 e. The molecular formula is C12H22N2. The summed E-state index contributed by atoms with van der Waals surface area (Å²) in [7, 11) is 0. The molecule has 0 aliphatic heterocycles. The van der Waals surface area contributed by atoms with E-state index in [1.807, 2.05) is 27.7 Å². The predicted octanol–water partition coefficient (Wildman–Crippen LogP) is 3.89. The summed E-state index contributed by atoms with van der Waals surface area (Å²) in [6, 6.07) is 4.36. The van der Waals surface area contributed by atoms with E-state index in [4.69, 9.17) is 10.5 Å². The van der Waals surface area contributed by atoms with E-state index in [1.165, 1.54) is 0 Å². The Hall–Kier alpha value is -1.02. The van der Waals surface area contributed by atoms with Crippen molar-refractivity contribution in [2.75, 3.05) is 0 Å². The molecule has 0 bridgehead atoms. The van der Waals surface area contributed by atoms with Crippen LogP contribution in [0.2, 0.25) is 0 Å². The van der Waals surface area contributed by atoms with E-state index in [0.717, 1.165) is 25.7 Å². The molecule has 0 aromatic carbocycles. The first kappa shape index (κ1) is 15.5. The maximum absolute atomic E-state index is 8.59. The number of hydrogen-bond acceptors (Lipinski definition) is 2. The van der Waals surface area contributed by atoms with Crippen LogP contribution in [0.25, 0.3) is 0 Å². The van der Waals surface area contributed by atoms with Crippen molar-refractivity contribution in [3.05, 3.63) is 0 Å². The van der Waals surface area contributed by atoms with Crippen LogP contribution in [0.3, 0.4) is 0 Å². The van der Waals surface area contributed by atoms with Crippen molar-refractivity contribution in [3.63, 3.8) is 0 Å². The predicted molar refractivity (Wildman–Crippen MR) is 59.4 cm³/mol. The Labute approximate surface area is 88.5 Å². The summed E-state index contributed by atoms with van der Waals surface area (Å²) < 4.78 is 0. The topological polar surface area (TPSA) is 47.6 Å². The molecular weight excluding hydrogens is 172 g/mol. The average molecular weight is 194 g/mol. The summed E-state index contributed by atoms with van der Waals surface area (Å²) in [5.41, 5.74) is 0. The monoisotopic (exact) mass is 194 g/mol. The smallest absolute Gasteiger partial charge is 0.0669 e. The second-order valence-corrected chi connectivity index (χ2v) is 2.76. The molecule has 0 heterocycles. The van der Waals surface area contributed by atoms with Crippen LogP contribution in [0.5, 0.6) is 0 Å². The summed E-state index contributed by atoms with van der Waals surface area (Å²) in [5, 5.41) is 17.2. The molecule has 2 heteroatoms. The fourth-order valence-corrected chi connectivity index (χ4v) is 1.44. The van der Waals surface area contributed by atoms with Crippen molar-refractivity contribution in [3.8, 4) is 12.1 Å². The second-order valence-electron chi connectivity index (χ2n) is 2.76. The molecule has 1 fully saturated rings. The summed E-state index contributed by atoms with van der Waals surface area (Å²) in [5.74, 6) is 0.0255. The van der Waals surface area contributed by atoms with Crippen molar-refractivity contribution in [2.45, 2.75) is 53.4 Å². The highest BCUT2D eigenvalue weighted by Crippen LogP contribution is 2.28. The van der Waals surface area contributed by atoms with Crippen LogP contribution in [-0.2, 0) is 0 Å². The van der Waals surface area contributed by atoms with Crippen LogP contribution in [0.4, 0.5) is 0 Å². The van der Waals surface area contributed by atoms with Gasteiger partial charge in [-0.25, -0.2) is 0 Å². The van der Waals surface area contributed by atoms with Gasteiger partial charge in [-0.05, 0) is 12.8 Å². The highest BCUT2D eigenvalue weighted by atomic mass is 14.4. The maximum atomic E-state index is 8.59. The van der Waals surface area contributed by atoms with Crippen LogP contribution < -0.4 is 0 Å². The number of nitriles is 2. The highest BCUT2D eigenvalue weighted by molar-refractivity contribution is 4.99. The highest BCUT2D eigenvalue weighted by Gasteiger charge is 2.23. The lowest BCUT2D eigenvalue weighted by Gasteiger charge is -2.19. The minimum absolute atomic E-state index is 0.0127. The molecule has 0 aromatic heterocycles. The lowest BCUT2D eigenvalue weighted by molar-refractivity contribution is 0.352. The molecule has 0 amide bonds. The molecule has 0 N–H and O–H groups in total. The van der Waals surface area contributed by atoms with E-state index in [1.54, 1.807) is 0 Å². The van der Waals surface area contributed by atoms with Crippen LogP contribution in [0.15, 0.2) is 0 Å². The fourth-order valence-electron chi connectivity index (χ4n) is 1.44. The maximum Gasteiger partial charge on any atom is 0.0669 e. The van der Waals surface area contributed by atoms with Gasteiger partial charge < -0.3 is 0 Å². The van der Waals surface area contributed by atoms with E-state index < -0.39 is 0 Å². The van der Waals surface area contributed by atoms with Crippen LogP contribution in [-0.4, -0.2) is 0 Å². The molecule has 2 nitrogen and oxygen atoms in total. The number of nitrogens with zero attached hydrogens (tertiary/aromatic N) is 2. The summed E-state index contributed by atoms with van der Waals surface area (Å²) >= 11 is 0.